The molecule has 0 aliphatic rings. The lowest BCUT2D eigenvalue weighted by Crippen LogP contribution is -2.26. The molecule has 0 aromatic carbocycles. The molecule has 0 saturated heterocycles. The molecule has 8 nitrogen and oxygen atoms in total. The lowest BCUT2D eigenvalue weighted by Gasteiger charge is -2.09. The molecule has 122 valence electrons. The summed E-state index contributed by atoms with van der Waals surface area (Å²) in [6.45, 7) is 1.83. The second-order valence-corrected chi connectivity index (χ2v) is 4.90. The smallest absolute Gasteiger partial charge is 0.273 e. The average molecular weight is 328 g/mol. The Kier molecular flexibility index (Phi) is 4.15. The molecule has 0 aliphatic heterocycles. The van der Waals surface area contributed by atoms with Crippen molar-refractivity contribution in [3.05, 3.63) is 53.7 Å². The molecule has 0 unspecified atom stereocenters. The second kappa shape index (κ2) is 6.41. The van der Waals surface area contributed by atoms with Crippen LogP contribution in [0.25, 0.3) is 11.6 Å². The zero-order chi connectivity index (χ0) is 17.1. The summed E-state index contributed by atoms with van der Waals surface area (Å²) in [6, 6.07) is 2.74. The van der Waals surface area contributed by atoms with Gasteiger partial charge in [0.2, 0.25) is 11.8 Å². The van der Waals surface area contributed by atoms with Gasteiger partial charge in [0.1, 0.15) is 12.0 Å². The topological polar surface area (TPSA) is 120 Å². The van der Waals surface area contributed by atoms with Gasteiger partial charge < -0.3 is 15.5 Å². The molecule has 0 spiro atoms. The predicted molar refractivity (Wildman–Crippen MR) is 82.0 cm³/mol. The number of hydrogen-bond acceptors (Lipinski definition) is 7. The minimum Gasteiger partial charge on any atom is -0.443 e. The van der Waals surface area contributed by atoms with Gasteiger partial charge in [0.25, 0.3) is 5.91 Å². The average Bonchev–Trinajstić information content (AvgIpc) is 3.10. The van der Waals surface area contributed by atoms with Gasteiger partial charge in [-0.15, -0.1) is 0 Å². The number of nitrogen functional groups attached to an aromatic ring is 1. The van der Waals surface area contributed by atoms with Crippen LogP contribution in [-0.4, -0.2) is 25.8 Å². The lowest BCUT2D eigenvalue weighted by atomic mass is 10.2. The van der Waals surface area contributed by atoms with E-state index in [0.717, 1.165) is 0 Å². The molecule has 0 aliphatic carbocycles. The highest BCUT2D eigenvalue weighted by molar-refractivity contribution is 5.96. The van der Waals surface area contributed by atoms with E-state index in [4.69, 9.17) is 10.2 Å². The van der Waals surface area contributed by atoms with Gasteiger partial charge >= 0.3 is 0 Å². The van der Waals surface area contributed by atoms with Gasteiger partial charge in [-0.2, -0.15) is 4.39 Å². The van der Waals surface area contributed by atoms with E-state index in [0.29, 0.717) is 17.0 Å². The minimum absolute atomic E-state index is 0.00197. The minimum atomic E-state index is -0.585. The fraction of sp³-hybridized carbons (Fsp3) is 0.133. The summed E-state index contributed by atoms with van der Waals surface area (Å²) in [5.74, 6) is -0.844. The van der Waals surface area contributed by atoms with Crippen molar-refractivity contribution in [1.29, 1.82) is 0 Å². The van der Waals surface area contributed by atoms with Crippen LogP contribution in [0.2, 0.25) is 0 Å². The van der Waals surface area contributed by atoms with E-state index in [1.165, 1.54) is 30.8 Å². The molecule has 9 heteroatoms. The Morgan fingerprint density at radius 1 is 1.33 bits per heavy atom. The Morgan fingerprint density at radius 3 is 2.83 bits per heavy atom. The number of anilines is 1. The monoisotopic (exact) mass is 328 g/mol. The molecule has 0 radical (unpaired) electrons. The van der Waals surface area contributed by atoms with Crippen LogP contribution < -0.4 is 11.1 Å². The van der Waals surface area contributed by atoms with Crippen molar-refractivity contribution in [2.24, 2.45) is 0 Å². The fourth-order valence-electron chi connectivity index (χ4n) is 2.02. The zero-order valence-electron chi connectivity index (χ0n) is 12.7. The van der Waals surface area contributed by atoms with Crippen LogP contribution >= 0.6 is 0 Å². The molecule has 3 N–H and O–H groups in total. The van der Waals surface area contributed by atoms with E-state index in [-0.39, 0.29) is 23.9 Å². The standard InChI is InChI=1S/C15H13FN6O2/c1-8-11(15-18-4-5-24-15)22-13(17)12(21-8)14(23)20-7-9-2-3-10(16)19-6-9/h2-6H,7H2,1H3,(H2,17,22)(H,20,23). The SMILES string of the molecule is Cc1nc(C(=O)NCc2ccc(F)nc2)c(N)nc1-c1ncco1. The maximum absolute atomic E-state index is 12.8. The maximum Gasteiger partial charge on any atom is 0.273 e. The quantitative estimate of drug-likeness (QED) is 0.696. The number of halogens is 1. The van der Waals surface area contributed by atoms with Gasteiger partial charge in [0.05, 0.1) is 11.9 Å². The first kappa shape index (κ1) is 15.5. The van der Waals surface area contributed by atoms with Gasteiger partial charge in [-0.3, -0.25) is 4.79 Å². The lowest BCUT2D eigenvalue weighted by molar-refractivity contribution is 0.0946. The van der Waals surface area contributed by atoms with E-state index >= 15 is 0 Å². The third-order valence-corrected chi connectivity index (χ3v) is 3.19. The number of aryl methyl sites for hydroxylation is 1. The first-order valence-corrected chi connectivity index (χ1v) is 6.97. The van der Waals surface area contributed by atoms with Crippen LogP contribution in [0.1, 0.15) is 21.7 Å². The van der Waals surface area contributed by atoms with Crippen molar-refractivity contribution in [3.63, 3.8) is 0 Å². The largest absolute Gasteiger partial charge is 0.443 e. The van der Waals surface area contributed by atoms with Crippen molar-refractivity contribution < 1.29 is 13.6 Å². The van der Waals surface area contributed by atoms with Gasteiger partial charge in [0, 0.05) is 12.7 Å². The Balaban J connectivity index is 1.77. The van der Waals surface area contributed by atoms with Crippen LogP contribution in [0, 0.1) is 12.9 Å². The summed E-state index contributed by atoms with van der Waals surface area (Å²) >= 11 is 0. The summed E-state index contributed by atoms with van der Waals surface area (Å²) in [5, 5.41) is 2.63. The van der Waals surface area contributed by atoms with Crippen LogP contribution in [0.5, 0.6) is 0 Å². The Hall–Kier alpha value is -3.36. The Morgan fingerprint density at radius 2 is 2.17 bits per heavy atom. The van der Waals surface area contributed by atoms with Crippen molar-refractivity contribution in [1.82, 2.24) is 25.3 Å². The number of nitrogens with zero attached hydrogens (tertiary/aromatic N) is 4. The summed E-state index contributed by atoms with van der Waals surface area (Å²) in [4.78, 5) is 28.0. The highest BCUT2D eigenvalue weighted by Crippen LogP contribution is 2.20. The Labute approximate surface area is 136 Å². The van der Waals surface area contributed by atoms with Gasteiger partial charge in [-0.1, -0.05) is 6.07 Å². The zero-order valence-corrected chi connectivity index (χ0v) is 12.7. The highest BCUT2D eigenvalue weighted by atomic mass is 19.1. The number of rotatable bonds is 4. The van der Waals surface area contributed by atoms with E-state index < -0.39 is 11.9 Å². The van der Waals surface area contributed by atoms with Gasteiger partial charge in [-0.05, 0) is 18.6 Å². The number of carbonyl (C=O) groups excluding carboxylic acids is 1. The van der Waals surface area contributed by atoms with E-state index in [1.54, 1.807) is 6.92 Å². The fourth-order valence-corrected chi connectivity index (χ4v) is 2.02. The first-order chi connectivity index (χ1) is 11.5. The highest BCUT2D eigenvalue weighted by Gasteiger charge is 2.18. The number of nitrogens with one attached hydrogen (secondary N) is 1. The van der Waals surface area contributed by atoms with E-state index in [2.05, 4.69) is 25.3 Å². The summed E-state index contributed by atoms with van der Waals surface area (Å²) in [7, 11) is 0. The molecular formula is C15H13FN6O2. The van der Waals surface area contributed by atoms with Crippen molar-refractivity contribution >= 4 is 11.7 Å². The molecule has 3 aromatic rings. The normalized spacial score (nSPS) is 10.6. The molecule has 0 atom stereocenters. The summed E-state index contributed by atoms with van der Waals surface area (Å²) < 4.78 is 17.9. The molecule has 3 heterocycles. The molecule has 3 rings (SSSR count). The molecule has 0 fully saturated rings. The van der Waals surface area contributed by atoms with Crippen LogP contribution in [0.3, 0.4) is 0 Å². The molecular weight excluding hydrogens is 315 g/mol. The van der Waals surface area contributed by atoms with Crippen LogP contribution in [0.4, 0.5) is 10.2 Å². The van der Waals surface area contributed by atoms with Crippen molar-refractivity contribution in [2.75, 3.05) is 5.73 Å². The summed E-state index contributed by atoms with van der Waals surface area (Å²) in [6.07, 6.45) is 4.22. The maximum atomic E-state index is 12.8. The number of oxazole rings is 1. The molecule has 1 amide bonds. The van der Waals surface area contributed by atoms with Gasteiger partial charge in [-0.25, -0.2) is 19.9 Å². The molecule has 3 aromatic heterocycles. The number of aromatic nitrogens is 4. The van der Waals surface area contributed by atoms with Gasteiger partial charge in [0.15, 0.2) is 11.5 Å². The van der Waals surface area contributed by atoms with Crippen LogP contribution in [0.15, 0.2) is 35.2 Å². The Bertz CT molecular complexity index is 864. The number of nitrogens with two attached hydrogens (primary N) is 1. The number of pyridine rings is 1. The summed E-state index contributed by atoms with van der Waals surface area (Å²) in [5.41, 5.74) is 7.29. The molecule has 0 saturated carbocycles. The number of amides is 1. The number of carbonyl (C=O) groups is 1. The molecule has 24 heavy (non-hydrogen) atoms. The first-order valence-electron chi connectivity index (χ1n) is 6.97. The van der Waals surface area contributed by atoms with Crippen molar-refractivity contribution in [3.8, 4) is 11.6 Å². The number of hydrogen-bond donors (Lipinski definition) is 2. The predicted octanol–water partition coefficient (Wildman–Crippen LogP) is 1.49. The third-order valence-electron chi connectivity index (χ3n) is 3.19. The van der Waals surface area contributed by atoms with Crippen molar-refractivity contribution in [2.45, 2.75) is 13.5 Å². The van der Waals surface area contributed by atoms with E-state index in [9.17, 15) is 9.18 Å². The van der Waals surface area contributed by atoms with Crippen LogP contribution in [-0.2, 0) is 6.54 Å². The molecule has 0 bridgehead atoms. The van der Waals surface area contributed by atoms with E-state index in [1.807, 2.05) is 0 Å². The second-order valence-electron chi connectivity index (χ2n) is 4.90. The third kappa shape index (κ3) is 3.19.